The second-order valence-electron chi connectivity index (χ2n) is 5.60. The van der Waals surface area contributed by atoms with E-state index in [4.69, 9.17) is 21.1 Å². The summed E-state index contributed by atoms with van der Waals surface area (Å²) >= 11 is 5.93. The first-order valence-electron chi connectivity index (χ1n) is 7.67. The number of nitrogens with zero attached hydrogens (tertiary/aromatic N) is 1. The molecule has 140 valence electrons. The SMILES string of the molecule is COCC(C)Oc1ccc(Cl)cc1S(=O)(=O)NC(=O)c1cnccc1C. The molecule has 1 unspecified atom stereocenters. The van der Waals surface area contributed by atoms with Crippen LogP contribution in [0.3, 0.4) is 0 Å². The highest BCUT2D eigenvalue weighted by molar-refractivity contribution is 7.90. The molecule has 0 aliphatic rings. The van der Waals surface area contributed by atoms with Crippen LogP contribution in [0.4, 0.5) is 0 Å². The van der Waals surface area contributed by atoms with Crippen LogP contribution < -0.4 is 9.46 Å². The highest BCUT2D eigenvalue weighted by atomic mass is 35.5. The summed E-state index contributed by atoms with van der Waals surface area (Å²) in [6, 6.07) is 5.77. The summed E-state index contributed by atoms with van der Waals surface area (Å²) in [4.78, 5) is 16.0. The van der Waals surface area contributed by atoms with Gasteiger partial charge in [-0.25, -0.2) is 13.1 Å². The van der Waals surface area contributed by atoms with Gasteiger partial charge in [-0.2, -0.15) is 0 Å². The molecule has 9 heteroatoms. The fourth-order valence-corrected chi connectivity index (χ4v) is 3.57. The van der Waals surface area contributed by atoms with Crippen molar-refractivity contribution in [3.8, 4) is 5.75 Å². The zero-order valence-corrected chi connectivity index (χ0v) is 16.1. The van der Waals surface area contributed by atoms with E-state index in [2.05, 4.69) is 4.98 Å². The van der Waals surface area contributed by atoms with E-state index >= 15 is 0 Å². The summed E-state index contributed by atoms with van der Waals surface area (Å²) in [6.45, 7) is 3.68. The molecule has 1 aromatic carbocycles. The molecule has 0 fully saturated rings. The lowest BCUT2D eigenvalue weighted by atomic mass is 10.1. The predicted octanol–water partition coefficient (Wildman–Crippen LogP) is 2.58. The molecular weight excluding hydrogens is 380 g/mol. The smallest absolute Gasteiger partial charge is 0.268 e. The van der Waals surface area contributed by atoms with Gasteiger partial charge in [0.1, 0.15) is 16.7 Å². The van der Waals surface area contributed by atoms with Gasteiger partial charge in [0.05, 0.1) is 12.2 Å². The lowest BCUT2D eigenvalue weighted by molar-refractivity contribution is 0.0900. The minimum absolute atomic E-state index is 0.0714. The average molecular weight is 399 g/mol. The minimum atomic E-state index is -4.22. The molecule has 0 aliphatic carbocycles. The Morgan fingerprint density at radius 2 is 2.08 bits per heavy atom. The van der Waals surface area contributed by atoms with Crippen LogP contribution in [0, 0.1) is 6.92 Å². The van der Waals surface area contributed by atoms with Crippen molar-refractivity contribution in [1.29, 1.82) is 0 Å². The summed E-state index contributed by atoms with van der Waals surface area (Å²) in [5.41, 5.74) is 0.761. The second-order valence-corrected chi connectivity index (χ2v) is 7.69. The van der Waals surface area contributed by atoms with Gasteiger partial charge in [-0.3, -0.25) is 9.78 Å². The first-order chi connectivity index (χ1) is 12.2. The van der Waals surface area contributed by atoms with Crippen molar-refractivity contribution in [1.82, 2.24) is 9.71 Å². The van der Waals surface area contributed by atoms with E-state index in [0.717, 1.165) is 0 Å². The topological polar surface area (TPSA) is 94.6 Å². The zero-order valence-electron chi connectivity index (χ0n) is 14.5. The van der Waals surface area contributed by atoms with Gasteiger partial charge in [-0.15, -0.1) is 0 Å². The van der Waals surface area contributed by atoms with Gasteiger partial charge < -0.3 is 9.47 Å². The number of carbonyl (C=O) groups is 1. The number of benzene rings is 1. The van der Waals surface area contributed by atoms with E-state index in [1.54, 1.807) is 19.9 Å². The van der Waals surface area contributed by atoms with E-state index in [1.807, 2.05) is 4.72 Å². The van der Waals surface area contributed by atoms with Crippen molar-refractivity contribution in [2.45, 2.75) is 24.8 Å². The third kappa shape index (κ3) is 4.94. The first-order valence-corrected chi connectivity index (χ1v) is 9.53. The van der Waals surface area contributed by atoms with Crippen LogP contribution in [0.5, 0.6) is 5.75 Å². The Labute approximate surface area is 157 Å². The van der Waals surface area contributed by atoms with Crippen LogP contribution in [0.15, 0.2) is 41.6 Å². The standard InChI is InChI=1S/C17H19ClN2O5S/c1-11-6-7-19-9-14(11)17(21)20-26(22,23)16-8-13(18)4-5-15(16)25-12(2)10-24-3/h4-9,12H,10H2,1-3H3,(H,20,21). The molecule has 0 saturated carbocycles. The van der Waals surface area contributed by atoms with Crippen LogP contribution in [0.1, 0.15) is 22.8 Å². The van der Waals surface area contributed by atoms with E-state index in [9.17, 15) is 13.2 Å². The van der Waals surface area contributed by atoms with E-state index in [-0.39, 0.29) is 27.8 Å². The summed E-state index contributed by atoms with van der Waals surface area (Å²) < 4.78 is 38.1. The Morgan fingerprint density at radius 3 is 2.73 bits per heavy atom. The molecule has 2 aromatic rings. The Kier molecular flexibility index (Phi) is 6.57. The number of rotatable bonds is 7. The molecule has 1 atom stereocenters. The lowest BCUT2D eigenvalue weighted by Crippen LogP contribution is -2.32. The number of hydrogen-bond acceptors (Lipinski definition) is 6. The summed E-state index contributed by atoms with van der Waals surface area (Å²) in [5.74, 6) is -0.714. The summed E-state index contributed by atoms with van der Waals surface area (Å²) in [7, 11) is -2.71. The molecule has 0 aliphatic heterocycles. The maximum Gasteiger partial charge on any atom is 0.268 e. The number of pyridine rings is 1. The second kappa shape index (κ2) is 8.48. The van der Waals surface area contributed by atoms with Crippen molar-refractivity contribution in [2.75, 3.05) is 13.7 Å². The van der Waals surface area contributed by atoms with Gasteiger partial charge in [0.2, 0.25) is 0 Å². The average Bonchev–Trinajstić information content (AvgIpc) is 2.56. The monoisotopic (exact) mass is 398 g/mol. The van der Waals surface area contributed by atoms with Crippen LogP contribution in [-0.2, 0) is 14.8 Å². The predicted molar refractivity (Wildman–Crippen MR) is 97.0 cm³/mol. The number of amides is 1. The molecule has 1 aromatic heterocycles. The maximum absolute atomic E-state index is 12.7. The highest BCUT2D eigenvalue weighted by Crippen LogP contribution is 2.28. The van der Waals surface area contributed by atoms with Crippen LogP contribution in [-0.4, -0.2) is 39.1 Å². The maximum atomic E-state index is 12.7. The molecule has 7 nitrogen and oxygen atoms in total. The first kappa shape index (κ1) is 20.2. The fraction of sp³-hybridized carbons (Fsp3) is 0.294. The quantitative estimate of drug-likeness (QED) is 0.770. The Hall–Kier alpha value is -2.16. The number of carbonyl (C=O) groups excluding carboxylic acids is 1. The van der Waals surface area contributed by atoms with Gasteiger partial charge in [-0.1, -0.05) is 11.6 Å². The molecule has 1 N–H and O–H groups in total. The fourth-order valence-electron chi connectivity index (χ4n) is 2.21. The van der Waals surface area contributed by atoms with Crippen LogP contribution in [0.25, 0.3) is 0 Å². The number of nitrogens with one attached hydrogen (secondary N) is 1. The molecular formula is C17H19ClN2O5S. The lowest BCUT2D eigenvalue weighted by Gasteiger charge is -2.17. The zero-order chi connectivity index (χ0) is 19.3. The van der Waals surface area contributed by atoms with Crippen molar-refractivity contribution < 1.29 is 22.7 Å². The van der Waals surface area contributed by atoms with Crippen molar-refractivity contribution >= 4 is 27.5 Å². The third-order valence-electron chi connectivity index (χ3n) is 3.44. The van der Waals surface area contributed by atoms with Crippen molar-refractivity contribution in [3.63, 3.8) is 0 Å². The molecule has 1 amide bonds. The molecule has 0 bridgehead atoms. The summed E-state index contributed by atoms with van der Waals surface area (Å²) in [6.07, 6.45) is 2.42. The Balaban J connectivity index is 2.34. The van der Waals surface area contributed by atoms with Crippen LogP contribution in [0.2, 0.25) is 5.02 Å². The molecule has 0 saturated heterocycles. The van der Waals surface area contributed by atoms with E-state index in [1.165, 1.54) is 37.7 Å². The number of sulfonamides is 1. The molecule has 0 spiro atoms. The molecule has 26 heavy (non-hydrogen) atoms. The van der Waals surface area contributed by atoms with Gasteiger partial charge in [0, 0.05) is 24.5 Å². The van der Waals surface area contributed by atoms with Gasteiger partial charge in [-0.05, 0) is 43.7 Å². The van der Waals surface area contributed by atoms with E-state index < -0.39 is 22.0 Å². The van der Waals surface area contributed by atoms with Gasteiger partial charge in [0.25, 0.3) is 15.9 Å². The van der Waals surface area contributed by atoms with Crippen molar-refractivity contribution in [2.24, 2.45) is 0 Å². The van der Waals surface area contributed by atoms with Gasteiger partial charge in [0.15, 0.2) is 0 Å². The molecule has 0 radical (unpaired) electrons. The normalized spacial score (nSPS) is 12.5. The largest absolute Gasteiger partial charge is 0.487 e. The highest BCUT2D eigenvalue weighted by Gasteiger charge is 2.25. The Morgan fingerprint density at radius 1 is 1.35 bits per heavy atom. The number of aromatic nitrogens is 1. The number of halogens is 1. The number of ether oxygens (including phenoxy) is 2. The number of methoxy groups -OCH3 is 1. The molecule has 1 heterocycles. The summed E-state index contributed by atoms with van der Waals surface area (Å²) in [5, 5.41) is 0.196. The van der Waals surface area contributed by atoms with Crippen LogP contribution >= 0.6 is 11.6 Å². The third-order valence-corrected chi connectivity index (χ3v) is 5.02. The van der Waals surface area contributed by atoms with Crippen molar-refractivity contribution in [3.05, 3.63) is 52.8 Å². The number of aryl methyl sites for hydroxylation is 1. The van der Waals surface area contributed by atoms with E-state index in [0.29, 0.717) is 5.56 Å². The van der Waals surface area contributed by atoms with Gasteiger partial charge >= 0.3 is 0 Å². The molecule has 2 rings (SSSR count). The minimum Gasteiger partial charge on any atom is -0.487 e. The number of hydrogen-bond donors (Lipinski definition) is 1. The Bertz CT molecular complexity index is 902.